The standard InChI is InChI=1S/C14H9Cl2FN2O4/c15-8-1-3-12(11(17)5-8)18-14(20)7-23-13-4-2-9(19(21)22)6-10(13)16/h1-6H,7H2,(H,18,20). The molecule has 2 rings (SSSR count). The summed E-state index contributed by atoms with van der Waals surface area (Å²) in [6.45, 7) is -0.445. The van der Waals surface area contributed by atoms with Crippen LogP contribution in [0, 0.1) is 15.9 Å². The molecule has 0 aliphatic rings. The first-order valence-electron chi connectivity index (χ1n) is 6.18. The van der Waals surface area contributed by atoms with Gasteiger partial charge in [0.2, 0.25) is 0 Å². The molecule has 0 spiro atoms. The number of amides is 1. The summed E-state index contributed by atoms with van der Waals surface area (Å²) in [7, 11) is 0. The highest BCUT2D eigenvalue weighted by atomic mass is 35.5. The van der Waals surface area contributed by atoms with Gasteiger partial charge < -0.3 is 10.1 Å². The summed E-state index contributed by atoms with van der Waals surface area (Å²) in [5.41, 5.74) is -0.243. The second-order valence-electron chi connectivity index (χ2n) is 4.33. The number of carbonyl (C=O) groups excluding carboxylic acids is 1. The van der Waals surface area contributed by atoms with E-state index in [1.807, 2.05) is 0 Å². The van der Waals surface area contributed by atoms with E-state index in [0.29, 0.717) is 0 Å². The van der Waals surface area contributed by atoms with E-state index in [2.05, 4.69) is 5.32 Å². The van der Waals surface area contributed by atoms with Gasteiger partial charge in [-0.15, -0.1) is 0 Å². The van der Waals surface area contributed by atoms with Crippen LogP contribution in [0.3, 0.4) is 0 Å². The SMILES string of the molecule is O=C(COc1ccc([N+](=O)[O-])cc1Cl)Nc1ccc(Cl)cc1F. The molecule has 0 fully saturated rings. The number of hydrogen-bond acceptors (Lipinski definition) is 4. The molecule has 120 valence electrons. The number of nitro groups is 1. The summed E-state index contributed by atoms with van der Waals surface area (Å²) in [6.07, 6.45) is 0. The first-order chi connectivity index (χ1) is 10.9. The normalized spacial score (nSPS) is 10.2. The number of nitrogens with one attached hydrogen (secondary N) is 1. The maximum absolute atomic E-state index is 13.5. The van der Waals surface area contributed by atoms with E-state index in [9.17, 15) is 19.3 Å². The van der Waals surface area contributed by atoms with E-state index < -0.39 is 23.3 Å². The Morgan fingerprint density at radius 2 is 2.00 bits per heavy atom. The van der Waals surface area contributed by atoms with E-state index in [1.165, 1.54) is 24.3 Å². The largest absolute Gasteiger partial charge is 0.482 e. The molecule has 1 N–H and O–H groups in total. The summed E-state index contributed by atoms with van der Waals surface area (Å²) < 4.78 is 18.7. The van der Waals surface area contributed by atoms with Crippen LogP contribution < -0.4 is 10.1 Å². The Morgan fingerprint density at radius 3 is 2.61 bits per heavy atom. The zero-order valence-corrected chi connectivity index (χ0v) is 12.9. The molecule has 0 saturated carbocycles. The fourth-order valence-electron chi connectivity index (χ4n) is 1.64. The zero-order valence-electron chi connectivity index (χ0n) is 11.4. The minimum Gasteiger partial charge on any atom is -0.482 e. The van der Waals surface area contributed by atoms with Gasteiger partial charge >= 0.3 is 0 Å². The highest BCUT2D eigenvalue weighted by molar-refractivity contribution is 6.32. The molecule has 23 heavy (non-hydrogen) atoms. The first-order valence-corrected chi connectivity index (χ1v) is 6.94. The lowest BCUT2D eigenvalue weighted by Crippen LogP contribution is -2.20. The molecule has 0 atom stereocenters. The number of carbonyl (C=O) groups is 1. The average Bonchev–Trinajstić information content (AvgIpc) is 2.48. The van der Waals surface area contributed by atoms with Crippen LogP contribution in [0.4, 0.5) is 15.8 Å². The van der Waals surface area contributed by atoms with E-state index in [4.69, 9.17) is 27.9 Å². The Hall–Kier alpha value is -2.38. The van der Waals surface area contributed by atoms with Crippen LogP contribution in [0.25, 0.3) is 0 Å². The van der Waals surface area contributed by atoms with Crippen molar-refractivity contribution >= 4 is 40.5 Å². The number of ether oxygens (including phenoxy) is 1. The number of halogens is 3. The molecule has 0 aromatic heterocycles. The van der Waals surface area contributed by atoms with Crippen LogP contribution in [-0.4, -0.2) is 17.4 Å². The number of anilines is 1. The van der Waals surface area contributed by atoms with E-state index >= 15 is 0 Å². The number of hydrogen-bond donors (Lipinski definition) is 1. The molecule has 0 saturated heterocycles. The van der Waals surface area contributed by atoms with Gasteiger partial charge in [-0.05, 0) is 24.3 Å². The van der Waals surface area contributed by atoms with Gasteiger partial charge in [0.1, 0.15) is 11.6 Å². The van der Waals surface area contributed by atoms with Gasteiger partial charge in [-0.25, -0.2) is 4.39 Å². The second-order valence-corrected chi connectivity index (χ2v) is 5.18. The van der Waals surface area contributed by atoms with Gasteiger partial charge in [-0.2, -0.15) is 0 Å². The summed E-state index contributed by atoms with van der Waals surface area (Å²) in [5.74, 6) is -1.20. The lowest BCUT2D eigenvalue weighted by atomic mass is 10.3. The molecule has 0 aliphatic carbocycles. The molecule has 2 aromatic rings. The molecule has 0 bridgehead atoms. The topological polar surface area (TPSA) is 81.5 Å². The predicted octanol–water partition coefficient (Wildman–Crippen LogP) is 4.06. The lowest BCUT2D eigenvalue weighted by Gasteiger charge is -2.09. The van der Waals surface area contributed by atoms with Crippen LogP contribution in [0.15, 0.2) is 36.4 Å². The monoisotopic (exact) mass is 358 g/mol. The Kier molecular flexibility index (Phi) is 5.36. The Balaban J connectivity index is 1.98. The lowest BCUT2D eigenvalue weighted by molar-refractivity contribution is -0.384. The molecular weight excluding hydrogens is 350 g/mol. The average molecular weight is 359 g/mol. The molecular formula is C14H9Cl2FN2O4. The third kappa shape index (κ3) is 4.54. The summed E-state index contributed by atoms with van der Waals surface area (Å²) in [6, 6.07) is 7.37. The van der Waals surface area contributed by atoms with Gasteiger partial charge in [0.05, 0.1) is 15.6 Å². The minimum absolute atomic E-state index is 0.00956. The van der Waals surface area contributed by atoms with Crippen molar-refractivity contribution in [1.29, 1.82) is 0 Å². The third-order valence-corrected chi connectivity index (χ3v) is 3.22. The molecule has 9 heteroatoms. The zero-order chi connectivity index (χ0) is 17.0. The molecule has 1 amide bonds. The van der Waals surface area contributed by atoms with Crippen LogP contribution in [0.1, 0.15) is 0 Å². The maximum atomic E-state index is 13.5. The molecule has 0 unspecified atom stereocenters. The molecule has 6 nitrogen and oxygen atoms in total. The number of nitrogens with zero attached hydrogens (tertiary/aromatic N) is 1. The van der Waals surface area contributed by atoms with Crippen molar-refractivity contribution in [2.24, 2.45) is 0 Å². The van der Waals surface area contributed by atoms with Crippen molar-refractivity contribution in [2.75, 3.05) is 11.9 Å². The minimum atomic E-state index is -0.681. The quantitative estimate of drug-likeness (QED) is 0.645. The highest BCUT2D eigenvalue weighted by Gasteiger charge is 2.12. The number of benzene rings is 2. The van der Waals surface area contributed by atoms with Crippen LogP contribution in [-0.2, 0) is 4.79 Å². The summed E-state index contributed by atoms with van der Waals surface area (Å²) >= 11 is 11.4. The van der Waals surface area contributed by atoms with Crippen molar-refractivity contribution < 1.29 is 18.8 Å². The van der Waals surface area contributed by atoms with E-state index in [-0.39, 0.29) is 27.2 Å². The van der Waals surface area contributed by atoms with Crippen LogP contribution in [0.2, 0.25) is 10.0 Å². The number of non-ortho nitro benzene ring substituents is 1. The van der Waals surface area contributed by atoms with Crippen LogP contribution >= 0.6 is 23.2 Å². The fourth-order valence-corrected chi connectivity index (χ4v) is 2.03. The third-order valence-electron chi connectivity index (χ3n) is 2.69. The predicted molar refractivity (Wildman–Crippen MR) is 83.6 cm³/mol. The first kappa shape index (κ1) is 17.0. The van der Waals surface area contributed by atoms with E-state index in [0.717, 1.165) is 12.1 Å². The fraction of sp³-hybridized carbons (Fsp3) is 0.0714. The molecule has 2 aromatic carbocycles. The highest BCUT2D eigenvalue weighted by Crippen LogP contribution is 2.28. The Bertz CT molecular complexity index is 770. The van der Waals surface area contributed by atoms with E-state index in [1.54, 1.807) is 0 Å². The van der Waals surface area contributed by atoms with Crippen molar-refractivity contribution in [1.82, 2.24) is 0 Å². The molecule has 0 radical (unpaired) electrons. The van der Waals surface area contributed by atoms with Gasteiger partial charge in [0.25, 0.3) is 11.6 Å². The van der Waals surface area contributed by atoms with Crippen molar-refractivity contribution in [3.8, 4) is 5.75 Å². The number of rotatable bonds is 5. The summed E-state index contributed by atoms with van der Waals surface area (Å²) in [4.78, 5) is 21.7. The second kappa shape index (κ2) is 7.26. The van der Waals surface area contributed by atoms with Gasteiger partial charge in [-0.3, -0.25) is 14.9 Å². The van der Waals surface area contributed by atoms with Gasteiger partial charge in [0.15, 0.2) is 6.61 Å². The van der Waals surface area contributed by atoms with Gasteiger partial charge in [-0.1, -0.05) is 23.2 Å². The smallest absolute Gasteiger partial charge is 0.271 e. The molecule has 0 aliphatic heterocycles. The Labute approximate surface area is 139 Å². The van der Waals surface area contributed by atoms with Crippen molar-refractivity contribution in [2.45, 2.75) is 0 Å². The Morgan fingerprint density at radius 1 is 1.26 bits per heavy atom. The number of nitro benzene ring substituents is 1. The molecule has 0 heterocycles. The van der Waals surface area contributed by atoms with Gasteiger partial charge in [0, 0.05) is 17.2 Å². The maximum Gasteiger partial charge on any atom is 0.271 e. The summed E-state index contributed by atoms with van der Waals surface area (Å²) in [5, 5.41) is 13.1. The van der Waals surface area contributed by atoms with Crippen LogP contribution in [0.5, 0.6) is 5.75 Å². The van der Waals surface area contributed by atoms with Crippen molar-refractivity contribution in [3.05, 3.63) is 62.4 Å². The van der Waals surface area contributed by atoms with Crippen molar-refractivity contribution in [3.63, 3.8) is 0 Å².